The largest absolute Gasteiger partial charge is 0.309 e. The Morgan fingerprint density at radius 1 is 1.23 bits per heavy atom. The first-order chi connectivity index (χ1) is 14.1. The van der Waals surface area contributed by atoms with Crippen molar-refractivity contribution in [2.24, 2.45) is 0 Å². The molecule has 0 bridgehead atoms. The Hall–Kier alpha value is -1.48. The zero-order valence-electron chi connectivity index (χ0n) is 19.0. The number of hydrogen-bond acceptors (Lipinski definition) is 5. The summed E-state index contributed by atoms with van der Waals surface area (Å²) in [5.41, 5.74) is 1.77. The zero-order valence-corrected chi connectivity index (χ0v) is 19.8. The van der Waals surface area contributed by atoms with Crippen LogP contribution in [0.2, 0.25) is 0 Å². The van der Waals surface area contributed by atoms with Gasteiger partial charge < -0.3 is 9.80 Å². The number of sulfonamides is 1. The molecule has 30 heavy (non-hydrogen) atoms. The van der Waals surface area contributed by atoms with Gasteiger partial charge >= 0.3 is 0 Å². The van der Waals surface area contributed by atoms with Crippen LogP contribution in [0, 0.1) is 0 Å². The second kappa shape index (κ2) is 9.34. The molecule has 8 heteroatoms. The summed E-state index contributed by atoms with van der Waals surface area (Å²) < 4.78 is 28.9. The molecule has 0 aromatic heterocycles. The Morgan fingerprint density at radius 2 is 1.97 bits per heavy atom. The fourth-order valence-electron chi connectivity index (χ4n) is 4.77. The van der Waals surface area contributed by atoms with Gasteiger partial charge in [0.05, 0.1) is 4.90 Å². The van der Waals surface area contributed by atoms with E-state index >= 15 is 0 Å². The van der Waals surface area contributed by atoms with Gasteiger partial charge in [-0.15, -0.1) is 0 Å². The van der Waals surface area contributed by atoms with Crippen molar-refractivity contribution < 1.29 is 13.2 Å². The summed E-state index contributed by atoms with van der Waals surface area (Å²) >= 11 is 0. The lowest BCUT2D eigenvalue weighted by Crippen LogP contribution is -2.45. The van der Waals surface area contributed by atoms with Crippen molar-refractivity contribution >= 4 is 21.6 Å². The molecule has 0 saturated carbocycles. The maximum Gasteiger partial charge on any atom is 0.243 e. The number of likely N-dealkylation sites (N-methyl/N-ethyl adjacent to an activating group) is 2. The number of hydrogen-bond donors (Lipinski definition) is 0. The van der Waals surface area contributed by atoms with Crippen molar-refractivity contribution in [3.05, 3.63) is 23.8 Å². The molecule has 0 N–H and O–H groups in total. The molecule has 1 aromatic carbocycles. The van der Waals surface area contributed by atoms with E-state index in [1.807, 2.05) is 25.9 Å². The van der Waals surface area contributed by atoms with Crippen LogP contribution in [0.3, 0.4) is 0 Å². The van der Waals surface area contributed by atoms with Gasteiger partial charge in [-0.2, -0.15) is 4.31 Å². The number of carbonyl (C=O) groups excluding carboxylic acids is 1. The van der Waals surface area contributed by atoms with E-state index in [9.17, 15) is 13.2 Å². The van der Waals surface area contributed by atoms with Gasteiger partial charge in [0.25, 0.3) is 0 Å². The standard InChI is InChI=1S/C22H36N4O3S/c1-6-24-11-7-8-20(24)16-25(13-12-23(4)5)30(28,29)21-9-10-22-19(15-21)14-17(2)26(22)18(3)27/h9-10,15,17,20H,6-8,11-14,16H2,1-5H3. The van der Waals surface area contributed by atoms with Crippen LogP contribution in [0.25, 0.3) is 0 Å². The second-order valence-corrected chi connectivity index (χ2v) is 10.8. The highest BCUT2D eigenvalue weighted by atomic mass is 32.2. The zero-order chi connectivity index (χ0) is 22.1. The molecule has 1 fully saturated rings. The van der Waals surface area contributed by atoms with Gasteiger partial charge in [0.2, 0.25) is 15.9 Å². The van der Waals surface area contributed by atoms with Crippen LogP contribution in [0.5, 0.6) is 0 Å². The van der Waals surface area contributed by atoms with E-state index in [1.54, 1.807) is 34.3 Å². The molecule has 0 radical (unpaired) electrons. The Bertz CT molecular complexity index is 871. The van der Waals surface area contributed by atoms with E-state index in [0.717, 1.165) is 37.2 Å². The van der Waals surface area contributed by atoms with Gasteiger partial charge in [0, 0.05) is 44.3 Å². The smallest absolute Gasteiger partial charge is 0.243 e. The van der Waals surface area contributed by atoms with Crippen molar-refractivity contribution in [3.8, 4) is 0 Å². The first-order valence-electron chi connectivity index (χ1n) is 11.0. The Morgan fingerprint density at radius 3 is 2.60 bits per heavy atom. The molecule has 1 amide bonds. The molecule has 0 spiro atoms. The molecule has 1 aromatic rings. The van der Waals surface area contributed by atoms with Crippen LogP contribution in [0.15, 0.2) is 23.1 Å². The molecular weight excluding hydrogens is 400 g/mol. The van der Waals surface area contributed by atoms with Crippen LogP contribution >= 0.6 is 0 Å². The Balaban J connectivity index is 1.89. The number of fused-ring (bicyclic) bond motifs is 1. The Kier molecular flexibility index (Phi) is 7.22. The van der Waals surface area contributed by atoms with Crippen LogP contribution in [0.1, 0.15) is 39.2 Å². The predicted octanol–water partition coefficient (Wildman–Crippen LogP) is 2.02. The third kappa shape index (κ3) is 4.72. The molecule has 2 aliphatic heterocycles. The third-order valence-corrected chi connectivity index (χ3v) is 8.22. The molecular formula is C22H36N4O3S. The maximum atomic E-state index is 13.6. The van der Waals surface area contributed by atoms with E-state index in [1.165, 1.54) is 0 Å². The maximum absolute atomic E-state index is 13.6. The summed E-state index contributed by atoms with van der Waals surface area (Å²) in [5.74, 6) is -0.00893. The average Bonchev–Trinajstić information content (AvgIpc) is 3.26. The highest BCUT2D eigenvalue weighted by Gasteiger charge is 2.34. The first kappa shape index (κ1) is 23.2. The summed E-state index contributed by atoms with van der Waals surface area (Å²) in [6.07, 6.45) is 2.84. The predicted molar refractivity (Wildman–Crippen MR) is 120 cm³/mol. The molecule has 0 aliphatic carbocycles. The van der Waals surface area contributed by atoms with Crippen molar-refractivity contribution in [2.75, 3.05) is 51.7 Å². The second-order valence-electron chi connectivity index (χ2n) is 8.82. The third-order valence-electron chi connectivity index (χ3n) is 6.36. The SMILES string of the molecule is CCN1CCCC1CN(CCN(C)C)S(=O)(=O)c1ccc2c(c1)CC(C)N2C(C)=O. The van der Waals surface area contributed by atoms with E-state index in [2.05, 4.69) is 11.8 Å². The highest BCUT2D eigenvalue weighted by molar-refractivity contribution is 7.89. The minimum Gasteiger partial charge on any atom is -0.309 e. The minimum absolute atomic E-state index is 0.00893. The number of rotatable bonds is 8. The molecule has 3 rings (SSSR count). The summed E-state index contributed by atoms with van der Waals surface area (Å²) in [6, 6.07) is 5.56. The van der Waals surface area contributed by atoms with Gasteiger partial charge in [-0.05, 0) is 77.1 Å². The Labute approximate surface area is 181 Å². The van der Waals surface area contributed by atoms with Crippen molar-refractivity contribution in [1.82, 2.24) is 14.1 Å². The number of anilines is 1. The minimum atomic E-state index is -3.62. The van der Waals surface area contributed by atoms with Gasteiger partial charge in [-0.3, -0.25) is 9.69 Å². The van der Waals surface area contributed by atoms with Crippen LogP contribution < -0.4 is 4.90 Å². The molecule has 2 aliphatic rings. The van der Waals surface area contributed by atoms with Crippen molar-refractivity contribution in [2.45, 2.75) is 57.0 Å². The fourth-order valence-corrected chi connectivity index (χ4v) is 6.29. The molecule has 2 atom stereocenters. The van der Waals surface area contributed by atoms with Crippen molar-refractivity contribution in [1.29, 1.82) is 0 Å². The van der Waals surface area contributed by atoms with E-state index in [-0.39, 0.29) is 18.0 Å². The highest BCUT2D eigenvalue weighted by Crippen LogP contribution is 2.34. The number of amides is 1. The van der Waals surface area contributed by atoms with E-state index in [4.69, 9.17) is 0 Å². The summed E-state index contributed by atoms with van der Waals surface area (Å²) in [5, 5.41) is 0. The molecule has 1 saturated heterocycles. The van der Waals surface area contributed by atoms with Crippen LogP contribution in [0.4, 0.5) is 5.69 Å². The first-order valence-corrected chi connectivity index (χ1v) is 12.4. The number of carbonyl (C=O) groups is 1. The van der Waals surface area contributed by atoms with E-state index < -0.39 is 10.0 Å². The topological polar surface area (TPSA) is 64.2 Å². The average molecular weight is 437 g/mol. The monoisotopic (exact) mass is 436 g/mol. The normalized spacial score (nSPS) is 22.3. The molecule has 2 unspecified atom stereocenters. The van der Waals surface area contributed by atoms with Gasteiger partial charge in [0.15, 0.2) is 0 Å². The van der Waals surface area contributed by atoms with E-state index in [0.29, 0.717) is 31.0 Å². The lowest BCUT2D eigenvalue weighted by molar-refractivity contribution is -0.116. The van der Waals surface area contributed by atoms with Crippen LogP contribution in [-0.4, -0.2) is 87.3 Å². The summed E-state index contributed by atoms with van der Waals surface area (Å²) in [4.78, 5) is 18.5. The number of likely N-dealkylation sites (tertiary alicyclic amines) is 1. The molecule has 7 nitrogen and oxygen atoms in total. The molecule has 2 heterocycles. The summed E-state index contributed by atoms with van der Waals surface area (Å²) in [7, 11) is 0.312. The van der Waals surface area contributed by atoms with Gasteiger partial charge in [-0.25, -0.2) is 8.42 Å². The van der Waals surface area contributed by atoms with Gasteiger partial charge in [-0.1, -0.05) is 6.92 Å². The number of nitrogens with zero attached hydrogens (tertiary/aromatic N) is 4. The quantitative estimate of drug-likeness (QED) is 0.624. The lowest BCUT2D eigenvalue weighted by Gasteiger charge is -2.30. The molecule has 168 valence electrons. The fraction of sp³-hybridized carbons (Fsp3) is 0.682. The van der Waals surface area contributed by atoms with Crippen LogP contribution in [-0.2, 0) is 21.2 Å². The van der Waals surface area contributed by atoms with Gasteiger partial charge in [0.1, 0.15) is 0 Å². The summed E-state index contributed by atoms with van der Waals surface area (Å²) in [6.45, 7) is 9.36. The lowest BCUT2D eigenvalue weighted by atomic mass is 10.1. The number of benzene rings is 1. The van der Waals surface area contributed by atoms with Crippen molar-refractivity contribution in [3.63, 3.8) is 0 Å².